The van der Waals surface area contributed by atoms with E-state index in [1.807, 2.05) is 55.5 Å². The first-order chi connectivity index (χ1) is 20.8. The average Bonchev–Trinajstić information content (AvgIpc) is 3.29. The summed E-state index contributed by atoms with van der Waals surface area (Å²) < 4.78 is 0. The van der Waals surface area contributed by atoms with Crippen LogP contribution >= 0.6 is 0 Å². The van der Waals surface area contributed by atoms with Crippen LogP contribution in [0.2, 0.25) is 0 Å². The van der Waals surface area contributed by atoms with Gasteiger partial charge in [0.05, 0.1) is 16.8 Å². The number of hydrogen-bond acceptors (Lipinski definition) is 6. The van der Waals surface area contributed by atoms with E-state index in [9.17, 15) is 29.3 Å². The summed E-state index contributed by atoms with van der Waals surface area (Å²) in [6.07, 6.45) is 0. The lowest BCUT2D eigenvalue weighted by Gasteiger charge is -2.45. The van der Waals surface area contributed by atoms with Crippen LogP contribution in [0.3, 0.4) is 0 Å². The Balaban J connectivity index is 1.32. The number of hydrogen-bond donors (Lipinski definition) is 0. The van der Waals surface area contributed by atoms with E-state index in [0.29, 0.717) is 5.56 Å². The lowest BCUT2D eigenvalue weighted by molar-refractivity contribution is -0.384. The molecule has 9 heteroatoms. The van der Waals surface area contributed by atoms with E-state index >= 15 is 0 Å². The number of rotatable bonds is 6. The van der Waals surface area contributed by atoms with Crippen LogP contribution in [0, 0.1) is 28.9 Å². The van der Waals surface area contributed by atoms with Gasteiger partial charge in [0.2, 0.25) is 0 Å². The molecule has 1 aliphatic heterocycles. The first-order valence-corrected chi connectivity index (χ1v) is 14.0. The van der Waals surface area contributed by atoms with Crippen molar-refractivity contribution in [3.63, 3.8) is 0 Å². The van der Waals surface area contributed by atoms with Gasteiger partial charge < -0.3 is 0 Å². The van der Waals surface area contributed by atoms with E-state index in [4.69, 9.17) is 0 Å². The van der Waals surface area contributed by atoms with Crippen molar-refractivity contribution in [3.05, 3.63) is 146 Å². The molecule has 1 fully saturated rings. The number of Topliss-reactive ketones (excluding diaryl/α,β-unsaturated/α-hetero) is 1. The maximum absolute atomic E-state index is 14.4. The Bertz CT molecular complexity index is 1730. The summed E-state index contributed by atoms with van der Waals surface area (Å²) in [7, 11) is 0. The molecule has 0 unspecified atom stereocenters. The van der Waals surface area contributed by atoms with Gasteiger partial charge in [-0.3, -0.25) is 29.3 Å². The number of non-ortho nitro benzene ring substituents is 1. The van der Waals surface area contributed by atoms with Crippen molar-refractivity contribution in [1.82, 2.24) is 10.0 Å². The van der Waals surface area contributed by atoms with Gasteiger partial charge in [-0.05, 0) is 41.3 Å². The van der Waals surface area contributed by atoms with Gasteiger partial charge in [-0.1, -0.05) is 78.4 Å². The van der Waals surface area contributed by atoms with Crippen molar-refractivity contribution in [2.75, 3.05) is 6.54 Å². The third-order valence-electron chi connectivity index (χ3n) is 8.89. The van der Waals surface area contributed by atoms with Crippen molar-refractivity contribution in [1.29, 1.82) is 0 Å². The summed E-state index contributed by atoms with van der Waals surface area (Å²) in [5, 5.41) is 13.0. The maximum atomic E-state index is 14.4. The second kappa shape index (κ2) is 9.84. The number of nitrogens with zero attached hydrogens (tertiary/aromatic N) is 3. The standard InChI is InChI=1S/C34H25N3O6/c1-19-10-12-20(13-11-19)27(38)18-35(32(39)21-14-16-22(17-15-21)37(42)43)36-33(40)30-28-23-6-2-3-7-24(23)29(31(30)34(36)41)26-9-5-4-8-25(26)28/h2-17,28-31H,18H2,1H3/t28?,29?,30-,31-/m0/s1. The van der Waals surface area contributed by atoms with Crippen LogP contribution < -0.4 is 0 Å². The van der Waals surface area contributed by atoms with Crippen LogP contribution in [-0.2, 0) is 9.59 Å². The highest BCUT2D eigenvalue weighted by atomic mass is 16.6. The van der Waals surface area contributed by atoms with Crippen molar-refractivity contribution in [2.24, 2.45) is 11.8 Å². The number of aryl methyl sites for hydroxylation is 1. The highest BCUT2D eigenvalue weighted by molar-refractivity contribution is 6.11. The SMILES string of the molecule is Cc1ccc(C(=O)CN(C(=O)c2ccc([N+](=O)[O-])cc2)N2C(=O)[C@H]3C4c5ccccc5C(c5ccccc54)[C@@H]3C2=O)cc1. The molecular weight excluding hydrogens is 546 g/mol. The van der Waals surface area contributed by atoms with Crippen molar-refractivity contribution in [3.8, 4) is 0 Å². The van der Waals surface area contributed by atoms with Crippen molar-refractivity contribution < 1.29 is 24.1 Å². The Kier molecular flexibility index (Phi) is 6.05. The Morgan fingerprint density at radius 1 is 0.721 bits per heavy atom. The summed E-state index contributed by atoms with van der Waals surface area (Å²) in [5.74, 6) is -4.57. The van der Waals surface area contributed by atoms with E-state index in [1.165, 1.54) is 24.3 Å². The summed E-state index contributed by atoms with van der Waals surface area (Å²) in [6, 6.07) is 27.3. The number of benzene rings is 4. The van der Waals surface area contributed by atoms with Gasteiger partial charge in [-0.25, -0.2) is 5.01 Å². The highest BCUT2D eigenvalue weighted by Crippen LogP contribution is 2.61. The first-order valence-electron chi connectivity index (χ1n) is 14.0. The normalized spacial score (nSPS) is 21.2. The zero-order valence-electron chi connectivity index (χ0n) is 23.0. The van der Waals surface area contributed by atoms with Gasteiger partial charge in [0.15, 0.2) is 5.78 Å². The van der Waals surface area contributed by atoms with Gasteiger partial charge in [0, 0.05) is 35.1 Å². The Morgan fingerprint density at radius 3 is 1.60 bits per heavy atom. The third-order valence-corrected chi connectivity index (χ3v) is 8.89. The summed E-state index contributed by atoms with van der Waals surface area (Å²) in [4.78, 5) is 66.8. The number of hydrazine groups is 1. The molecule has 1 saturated heterocycles. The van der Waals surface area contributed by atoms with Crippen molar-refractivity contribution in [2.45, 2.75) is 18.8 Å². The van der Waals surface area contributed by atoms with Crippen LogP contribution in [0.15, 0.2) is 97.1 Å². The van der Waals surface area contributed by atoms with Crippen LogP contribution in [0.5, 0.6) is 0 Å². The van der Waals surface area contributed by atoms with E-state index in [-0.39, 0.29) is 23.1 Å². The van der Waals surface area contributed by atoms with Crippen LogP contribution in [0.25, 0.3) is 0 Å². The van der Waals surface area contributed by atoms with Crippen molar-refractivity contribution >= 4 is 29.2 Å². The average molecular weight is 572 g/mol. The third kappa shape index (κ3) is 3.99. The molecule has 43 heavy (non-hydrogen) atoms. The number of ketones is 1. The Morgan fingerprint density at radius 2 is 1.16 bits per heavy atom. The molecule has 0 aromatic heterocycles. The van der Waals surface area contributed by atoms with E-state index in [1.54, 1.807) is 24.3 Å². The molecule has 2 atom stereocenters. The van der Waals surface area contributed by atoms with E-state index < -0.39 is 46.8 Å². The van der Waals surface area contributed by atoms with Gasteiger partial charge in [0.25, 0.3) is 23.4 Å². The van der Waals surface area contributed by atoms with Crippen LogP contribution in [0.4, 0.5) is 5.69 Å². The van der Waals surface area contributed by atoms with Crippen LogP contribution in [0.1, 0.15) is 60.4 Å². The van der Waals surface area contributed by atoms with Gasteiger partial charge >= 0.3 is 0 Å². The molecule has 212 valence electrons. The summed E-state index contributed by atoms with van der Waals surface area (Å²) in [6.45, 7) is 1.32. The molecule has 4 aliphatic rings. The Hall–Kier alpha value is -5.44. The predicted octanol–water partition coefficient (Wildman–Crippen LogP) is 5.04. The fraction of sp³-hybridized carbons (Fsp3) is 0.176. The summed E-state index contributed by atoms with van der Waals surface area (Å²) in [5.41, 5.74) is 5.00. The largest absolute Gasteiger partial charge is 0.292 e. The molecule has 4 aromatic carbocycles. The maximum Gasteiger partial charge on any atom is 0.273 e. The number of nitro groups is 1. The number of carbonyl (C=O) groups is 4. The van der Waals surface area contributed by atoms with Crippen LogP contribution in [-0.4, -0.2) is 45.0 Å². The molecule has 3 amide bonds. The molecule has 4 aromatic rings. The minimum Gasteiger partial charge on any atom is -0.292 e. The molecule has 1 heterocycles. The van der Waals surface area contributed by atoms with E-state index in [0.717, 1.165) is 37.8 Å². The fourth-order valence-corrected chi connectivity index (χ4v) is 6.97. The lowest BCUT2D eigenvalue weighted by atomic mass is 9.55. The zero-order chi connectivity index (χ0) is 30.0. The second-order valence-electron chi connectivity index (χ2n) is 11.2. The molecule has 0 spiro atoms. The number of nitro benzene ring substituents is 1. The molecule has 0 saturated carbocycles. The number of amides is 3. The van der Waals surface area contributed by atoms with Gasteiger partial charge in [-0.15, -0.1) is 0 Å². The van der Waals surface area contributed by atoms with Gasteiger partial charge in [-0.2, -0.15) is 5.01 Å². The van der Waals surface area contributed by atoms with E-state index in [2.05, 4.69) is 0 Å². The molecule has 8 rings (SSSR count). The number of imide groups is 1. The topological polar surface area (TPSA) is 118 Å². The zero-order valence-corrected chi connectivity index (χ0v) is 23.0. The first kappa shape index (κ1) is 26.5. The predicted molar refractivity (Wildman–Crippen MR) is 155 cm³/mol. The number of carbonyl (C=O) groups excluding carboxylic acids is 4. The lowest BCUT2D eigenvalue weighted by Crippen LogP contribution is -2.52. The molecule has 0 radical (unpaired) electrons. The summed E-state index contributed by atoms with van der Waals surface area (Å²) >= 11 is 0. The second-order valence-corrected chi connectivity index (χ2v) is 11.2. The fourth-order valence-electron chi connectivity index (χ4n) is 6.97. The molecule has 2 bridgehead atoms. The Labute approximate surface area is 246 Å². The monoisotopic (exact) mass is 571 g/mol. The molecular formula is C34H25N3O6. The molecule has 9 nitrogen and oxygen atoms in total. The van der Waals surface area contributed by atoms with Gasteiger partial charge in [0.1, 0.15) is 6.54 Å². The molecule has 0 N–H and O–H groups in total. The quantitative estimate of drug-likeness (QED) is 0.139. The minimum atomic E-state index is -0.780. The molecule has 3 aliphatic carbocycles. The highest BCUT2D eigenvalue weighted by Gasteiger charge is 2.63. The minimum absolute atomic E-state index is 0.00678. The smallest absolute Gasteiger partial charge is 0.273 e.